The SMILES string of the molecule is CO[C@@H]1[C@@H](O)[C@H](O[C@@H]2CO[C@@H](O[C@@H]3CO[C@@H](OCC[C@@H](CC[C@@H](C)[C@H]4[C@@H](O)[C@@H](O)[C@@H]5[C@]4(C)CCC4[C@@]6(C)CC[C@H](O)[C@H](O)C6C(O)C[C@]45O)C(C)C)[C@H](O)[C@H]3O)[C@H](O)[C@H]2OC)OC[C@H]1O. The van der Waals surface area contributed by atoms with Gasteiger partial charge in [-0.3, -0.25) is 0 Å². The Labute approximate surface area is 382 Å². The van der Waals surface area contributed by atoms with Crippen LogP contribution in [0.3, 0.4) is 0 Å². The Morgan fingerprint density at radius 3 is 1.85 bits per heavy atom. The van der Waals surface area contributed by atoms with Crippen LogP contribution >= 0.6 is 0 Å². The molecule has 0 aromatic heterocycles. The van der Waals surface area contributed by atoms with Gasteiger partial charge in [-0.05, 0) is 78.9 Å². The highest BCUT2D eigenvalue weighted by molar-refractivity contribution is 5.22. The first-order valence-corrected chi connectivity index (χ1v) is 24.0. The van der Waals surface area contributed by atoms with Crippen LogP contribution in [0.15, 0.2) is 0 Å². The van der Waals surface area contributed by atoms with Crippen molar-refractivity contribution in [2.75, 3.05) is 40.6 Å². The van der Waals surface area contributed by atoms with Crippen molar-refractivity contribution in [1.29, 1.82) is 0 Å². The van der Waals surface area contributed by atoms with Crippen LogP contribution in [0.5, 0.6) is 0 Å². The van der Waals surface area contributed by atoms with E-state index in [1.54, 1.807) is 0 Å². The van der Waals surface area contributed by atoms with Gasteiger partial charge in [0.15, 0.2) is 18.9 Å². The molecule has 19 heteroatoms. The third kappa shape index (κ3) is 9.47. The van der Waals surface area contributed by atoms with Crippen molar-refractivity contribution in [1.82, 2.24) is 0 Å². The molecule has 3 unspecified atom stereocenters. The summed E-state index contributed by atoms with van der Waals surface area (Å²) in [6.07, 6.45) is -15.5. The molecule has 0 amide bonds. The van der Waals surface area contributed by atoms with Crippen molar-refractivity contribution in [3.63, 3.8) is 0 Å². The summed E-state index contributed by atoms with van der Waals surface area (Å²) in [6.45, 7) is 10.1. The van der Waals surface area contributed by atoms with Crippen LogP contribution in [0, 0.1) is 52.3 Å². The van der Waals surface area contributed by atoms with Gasteiger partial charge in [-0.1, -0.05) is 41.0 Å². The minimum absolute atomic E-state index is 0.0299. The molecule has 4 aliphatic carbocycles. The Morgan fingerprint density at radius 2 is 1.18 bits per heavy atom. The maximum Gasteiger partial charge on any atom is 0.186 e. The van der Waals surface area contributed by atoms with E-state index >= 15 is 0 Å². The molecule has 11 N–H and O–H groups in total. The summed E-state index contributed by atoms with van der Waals surface area (Å²) in [5.74, 6) is -1.52. The summed E-state index contributed by atoms with van der Waals surface area (Å²) in [7, 11) is 2.70. The van der Waals surface area contributed by atoms with E-state index in [9.17, 15) is 56.2 Å². The largest absolute Gasteiger partial charge is 0.393 e. The molecule has 19 nitrogen and oxygen atoms in total. The van der Waals surface area contributed by atoms with Crippen molar-refractivity contribution in [2.24, 2.45) is 52.3 Å². The lowest BCUT2D eigenvalue weighted by Gasteiger charge is -2.66. The fourth-order valence-corrected chi connectivity index (χ4v) is 14.3. The maximum absolute atomic E-state index is 12.7. The van der Waals surface area contributed by atoms with E-state index in [0.717, 1.165) is 12.8 Å². The average Bonchev–Trinajstić information content (AvgIpc) is 3.46. The highest BCUT2D eigenvalue weighted by atomic mass is 16.8. The first-order chi connectivity index (χ1) is 30.6. The van der Waals surface area contributed by atoms with Crippen LogP contribution in [0.4, 0.5) is 0 Å². The molecule has 7 aliphatic rings. The smallest absolute Gasteiger partial charge is 0.186 e. The summed E-state index contributed by atoms with van der Waals surface area (Å²) in [6, 6.07) is 0. The van der Waals surface area contributed by atoms with Gasteiger partial charge in [0.25, 0.3) is 0 Å². The molecule has 65 heavy (non-hydrogen) atoms. The molecule has 26 atom stereocenters. The first kappa shape index (κ1) is 52.1. The summed E-state index contributed by atoms with van der Waals surface area (Å²) in [4.78, 5) is 0. The molecule has 378 valence electrons. The second-order valence-electron chi connectivity index (χ2n) is 21.6. The van der Waals surface area contributed by atoms with Gasteiger partial charge in [-0.25, -0.2) is 0 Å². The van der Waals surface area contributed by atoms with Gasteiger partial charge in [0, 0.05) is 32.5 Å². The zero-order valence-electron chi connectivity index (χ0n) is 39.0. The molecule has 7 rings (SSSR count). The Morgan fingerprint density at radius 1 is 0.585 bits per heavy atom. The van der Waals surface area contributed by atoms with Gasteiger partial charge < -0.3 is 94.1 Å². The molecule has 4 saturated carbocycles. The molecule has 3 saturated heterocycles. The van der Waals surface area contributed by atoms with Crippen molar-refractivity contribution < 1.29 is 94.1 Å². The summed E-state index contributed by atoms with van der Waals surface area (Å²) >= 11 is 0. The van der Waals surface area contributed by atoms with Crippen molar-refractivity contribution in [3.8, 4) is 0 Å². The van der Waals surface area contributed by atoms with Gasteiger partial charge in [-0.2, -0.15) is 0 Å². The molecular formula is C46H80O19. The van der Waals surface area contributed by atoms with Crippen LogP contribution in [0.2, 0.25) is 0 Å². The van der Waals surface area contributed by atoms with Crippen LogP contribution in [0.25, 0.3) is 0 Å². The average molecular weight is 937 g/mol. The van der Waals surface area contributed by atoms with Gasteiger partial charge in [0.05, 0.1) is 62.5 Å². The number of methoxy groups -OCH3 is 2. The summed E-state index contributed by atoms with van der Waals surface area (Å²) in [5, 5.41) is 123. The Hall–Kier alpha value is -0.760. The van der Waals surface area contributed by atoms with E-state index in [2.05, 4.69) is 27.7 Å². The van der Waals surface area contributed by atoms with E-state index in [1.165, 1.54) is 14.2 Å². The molecule has 0 aromatic rings. The first-order valence-electron chi connectivity index (χ1n) is 24.0. The number of hydrogen-bond donors (Lipinski definition) is 11. The van der Waals surface area contributed by atoms with E-state index in [0.29, 0.717) is 32.1 Å². The lowest BCUT2D eigenvalue weighted by atomic mass is 9.41. The zero-order chi connectivity index (χ0) is 47.5. The number of ether oxygens (including phenoxy) is 8. The van der Waals surface area contributed by atoms with Crippen LogP contribution in [0.1, 0.15) is 86.0 Å². The van der Waals surface area contributed by atoms with E-state index in [1.807, 2.05) is 6.92 Å². The highest BCUT2D eigenvalue weighted by Crippen LogP contribution is 2.70. The standard InChI is InChI=1S/C46H80O19/c1-20(2)22(9-8-21(3)29-33(52)34(53)40-45(29,5)14-11-28-44(4)13-10-23(47)31(50)30(44)24(48)16-46(28,40)57)12-15-60-41-35(54)32(51)26(18-62-41)64-43-37(56)39(59-7)27(19-63-43)65-42-36(55)38(58-6)25(49)17-61-42/h20-43,47-57H,8-19H2,1-7H3/t21-,22-,23+,24?,25-,26-,27-,28?,29+,30?,31+,32+,33-,34-,35-,36-,37-,38+,39+,40-,41-,42+,43+,44-,45-,46+/m1/s1. The molecule has 3 aliphatic heterocycles. The van der Waals surface area contributed by atoms with Crippen molar-refractivity contribution >= 4 is 0 Å². The number of rotatable bonds is 15. The predicted octanol–water partition coefficient (Wildman–Crippen LogP) is -1.23. The maximum atomic E-state index is 12.7. The van der Waals surface area contributed by atoms with Crippen LogP contribution in [-0.2, 0) is 37.9 Å². The lowest BCUT2D eigenvalue weighted by molar-refractivity contribution is -0.351. The Kier molecular flexibility index (Phi) is 16.4. The topological polar surface area (TPSA) is 296 Å². The fraction of sp³-hybridized carbons (Fsp3) is 1.00. The molecule has 0 spiro atoms. The van der Waals surface area contributed by atoms with E-state index in [4.69, 9.17) is 37.9 Å². The third-order valence-corrected chi connectivity index (χ3v) is 17.6. The molecule has 7 fully saturated rings. The minimum Gasteiger partial charge on any atom is -0.393 e. The van der Waals surface area contributed by atoms with Crippen LogP contribution < -0.4 is 0 Å². The second kappa shape index (κ2) is 20.5. The monoisotopic (exact) mass is 937 g/mol. The summed E-state index contributed by atoms with van der Waals surface area (Å²) < 4.78 is 45.5. The van der Waals surface area contributed by atoms with Gasteiger partial charge >= 0.3 is 0 Å². The minimum atomic E-state index is -1.49. The highest BCUT2D eigenvalue weighted by Gasteiger charge is 2.73. The lowest BCUT2D eigenvalue weighted by Crippen LogP contribution is -2.71. The molecular weight excluding hydrogens is 856 g/mol. The zero-order valence-corrected chi connectivity index (χ0v) is 39.0. The predicted molar refractivity (Wildman–Crippen MR) is 226 cm³/mol. The van der Waals surface area contributed by atoms with Gasteiger partial charge in [0.1, 0.15) is 54.9 Å². The molecule has 3 heterocycles. The quantitative estimate of drug-likeness (QED) is 0.0917. The number of aliphatic hydroxyl groups excluding tert-OH is 10. The van der Waals surface area contributed by atoms with Gasteiger partial charge in [-0.15, -0.1) is 0 Å². The number of hydrogen-bond acceptors (Lipinski definition) is 19. The van der Waals surface area contributed by atoms with Crippen LogP contribution in [-0.4, -0.2) is 207 Å². The normalized spacial score (nSPS) is 52.4. The molecule has 0 aromatic carbocycles. The summed E-state index contributed by atoms with van der Waals surface area (Å²) in [5.41, 5.74) is -2.73. The number of aliphatic hydroxyl groups is 11. The molecule has 0 bridgehead atoms. The van der Waals surface area contributed by atoms with Crippen molar-refractivity contribution in [2.45, 2.75) is 196 Å². The second-order valence-corrected chi connectivity index (χ2v) is 21.6. The van der Waals surface area contributed by atoms with Gasteiger partial charge in [0.2, 0.25) is 0 Å². The van der Waals surface area contributed by atoms with Crippen molar-refractivity contribution in [3.05, 3.63) is 0 Å². The van der Waals surface area contributed by atoms with E-state index < -0.39 is 133 Å². The molecule has 0 radical (unpaired) electrons. The third-order valence-electron chi connectivity index (χ3n) is 17.6. The Balaban J connectivity index is 0.893. The fourth-order valence-electron chi connectivity index (χ4n) is 14.3. The Bertz CT molecular complexity index is 1550. The number of fused-ring (bicyclic) bond motifs is 5. The van der Waals surface area contributed by atoms with E-state index in [-0.39, 0.29) is 62.4 Å².